The third kappa shape index (κ3) is 4.82. The van der Waals surface area contributed by atoms with E-state index in [0.29, 0.717) is 12.4 Å². The van der Waals surface area contributed by atoms with Crippen molar-refractivity contribution in [3.63, 3.8) is 0 Å². The van der Waals surface area contributed by atoms with E-state index in [0.717, 1.165) is 53.6 Å². The summed E-state index contributed by atoms with van der Waals surface area (Å²) in [6.45, 7) is 11.2. The number of thioether (sulfide) groups is 1. The number of nitrogens with one attached hydrogen (secondary N) is 2. The Bertz CT molecular complexity index is 905. The molecule has 2 heterocycles. The Labute approximate surface area is 176 Å². The minimum Gasteiger partial charge on any atom is -0.347 e. The zero-order valence-electron chi connectivity index (χ0n) is 17.5. The maximum absolute atomic E-state index is 12.6. The third-order valence-corrected chi connectivity index (χ3v) is 6.15. The molecule has 8 heteroatoms. The van der Waals surface area contributed by atoms with Crippen molar-refractivity contribution in [3.8, 4) is 5.69 Å². The van der Waals surface area contributed by atoms with E-state index in [1.807, 2.05) is 26.0 Å². The number of hydrogen-bond donors (Lipinski definition) is 2. The lowest BCUT2D eigenvalue weighted by Gasteiger charge is -2.18. The Hall–Kier alpha value is -2.32. The molecule has 1 aromatic heterocycles. The lowest BCUT2D eigenvalue weighted by molar-refractivity contribution is -0.136. The molecule has 0 saturated carbocycles. The maximum atomic E-state index is 12.6. The molecular weight excluding hydrogens is 386 g/mol. The molecule has 0 bridgehead atoms. The van der Waals surface area contributed by atoms with Crippen LogP contribution in [-0.4, -0.2) is 52.7 Å². The van der Waals surface area contributed by atoms with E-state index in [2.05, 4.69) is 35.4 Å². The maximum Gasteiger partial charge on any atom is 0.314 e. The van der Waals surface area contributed by atoms with Crippen molar-refractivity contribution in [1.29, 1.82) is 0 Å². The zero-order valence-corrected chi connectivity index (χ0v) is 18.4. The number of carbonyl (C=O) groups excluding carboxylic acids is 2. The molecule has 2 N–H and O–H groups in total. The van der Waals surface area contributed by atoms with E-state index in [4.69, 9.17) is 5.10 Å². The van der Waals surface area contributed by atoms with Crippen molar-refractivity contribution in [1.82, 2.24) is 20.0 Å². The largest absolute Gasteiger partial charge is 0.347 e. The van der Waals surface area contributed by atoms with Crippen LogP contribution in [0.4, 0.5) is 5.82 Å². The average molecular weight is 416 g/mol. The molecule has 0 unspecified atom stereocenters. The van der Waals surface area contributed by atoms with Gasteiger partial charge in [-0.05, 0) is 38.6 Å². The minimum atomic E-state index is -0.657. The van der Waals surface area contributed by atoms with Gasteiger partial charge in [0.2, 0.25) is 0 Å². The number of hydrogen-bond acceptors (Lipinski definition) is 5. The van der Waals surface area contributed by atoms with Gasteiger partial charge < -0.3 is 15.5 Å². The van der Waals surface area contributed by atoms with E-state index in [-0.39, 0.29) is 0 Å². The molecule has 2 amide bonds. The van der Waals surface area contributed by atoms with Gasteiger partial charge in [0.1, 0.15) is 5.82 Å². The molecule has 29 heavy (non-hydrogen) atoms. The van der Waals surface area contributed by atoms with Gasteiger partial charge >= 0.3 is 11.8 Å². The molecular formula is C21H29N5O2S. The number of nitrogens with zero attached hydrogens (tertiary/aromatic N) is 3. The highest BCUT2D eigenvalue weighted by Gasteiger charge is 2.26. The summed E-state index contributed by atoms with van der Waals surface area (Å²) in [6.07, 6.45) is 0. The van der Waals surface area contributed by atoms with Crippen molar-refractivity contribution < 1.29 is 9.59 Å². The molecule has 3 rings (SSSR count). The first kappa shape index (κ1) is 21.4. The van der Waals surface area contributed by atoms with E-state index in [1.165, 1.54) is 5.56 Å². The monoisotopic (exact) mass is 415 g/mol. The summed E-state index contributed by atoms with van der Waals surface area (Å²) in [5.74, 6) is 0.909. The summed E-state index contributed by atoms with van der Waals surface area (Å²) in [7, 11) is 0. The second kappa shape index (κ2) is 9.45. The van der Waals surface area contributed by atoms with Gasteiger partial charge in [-0.1, -0.05) is 31.5 Å². The number of anilines is 1. The van der Waals surface area contributed by atoms with Gasteiger partial charge in [0, 0.05) is 30.2 Å². The normalized spacial score (nSPS) is 12.9. The number of aromatic nitrogens is 2. The van der Waals surface area contributed by atoms with Crippen LogP contribution in [0.15, 0.2) is 18.2 Å². The predicted molar refractivity (Wildman–Crippen MR) is 117 cm³/mol. The standard InChI is InChI=1S/C21H29N5O2S/c1-5-25(6-2)10-9-22-20(27)21(28)23-19-16-12-29-13-17(16)24-26(19)18-8-7-14(3)11-15(18)4/h7-8,11H,5-6,9-10,12-13H2,1-4H3,(H,22,27)(H,23,28). The summed E-state index contributed by atoms with van der Waals surface area (Å²) in [5.41, 5.74) is 5.11. The molecule has 0 atom stereocenters. The van der Waals surface area contributed by atoms with Crippen LogP contribution in [0.2, 0.25) is 0 Å². The minimum absolute atomic E-state index is 0.443. The van der Waals surface area contributed by atoms with Crippen molar-refractivity contribution in [2.75, 3.05) is 31.5 Å². The predicted octanol–water partition coefficient (Wildman–Crippen LogP) is 2.63. The highest BCUT2D eigenvalue weighted by molar-refractivity contribution is 7.98. The summed E-state index contributed by atoms with van der Waals surface area (Å²) in [4.78, 5) is 27.1. The second-order valence-electron chi connectivity index (χ2n) is 7.21. The topological polar surface area (TPSA) is 79.3 Å². The zero-order chi connectivity index (χ0) is 21.0. The molecule has 7 nitrogen and oxygen atoms in total. The quantitative estimate of drug-likeness (QED) is 0.680. The number of likely N-dealkylation sites (N-methyl/N-ethyl adjacent to an activating group) is 1. The van der Waals surface area contributed by atoms with Crippen molar-refractivity contribution in [2.24, 2.45) is 0 Å². The Kier molecular flexibility index (Phi) is 6.97. The van der Waals surface area contributed by atoms with E-state index in [1.54, 1.807) is 16.4 Å². The molecule has 0 fully saturated rings. The number of carbonyl (C=O) groups is 2. The van der Waals surface area contributed by atoms with Crippen LogP contribution in [-0.2, 0) is 21.1 Å². The smallest absolute Gasteiger partial charge is 0.314 e. The third-order valence-electron chi connectivity index (χ3n) is 5.18. The summed E-state index contributed by atoms with van der Waals surface area (Å²) in [5, 5.41) is 10.2. The fourth-order valence-electron chi connectivity index (χ4n) is 3.47. The van der Waals surface area contributed by atoms with Crippen LogP contribution in [0, 0.1) is 13.8 Å². The Morgan fingerprint density at radius 3 is 2.62 bits per heavy atom. The number of aryl methyl sites for hydroxylation is 2. The van der Waals surface area contributed by atoms with Crippen molar-refractivity contribution in [2.45, 2.75) is 39.2 Å². The summed E-state index contributed by atoms with van der Waals surface area (Å²) >= 11 is 1.76. The molecule has 2 aromatic rings. The lowest BCUT2D eigenvalue weighted by Crippen LogP contribution is -2.40. The van der Waals surface area contributed by atoms with Gasteiger partial charge in [-0.2, -0.15) is 16.9 Å². The van der Waals surface area contributed by atoms with Crippen LogP contribution in [0.5, 0.6) is 0 Å². The molecule has 0 aliphatic carbocycles. The van der Waals surface area contributed by atoms with Gasteiger partial charge in [0.15, 0.2) is 0 Å². The van der Waals surface area contributed by atoms with Crippen molar-refractivity contribution >= 4 is 29.4 Å². The van der Waals surface area contributed by atoms with Crippen LogP contribution < -0.4 is 10.6 Å². The SMILES string of the molecule is CCN(CC)CCNC(=O)C(=O)Nc1c2c(nn1-c1ccc(C)cc1C)CSC2. The highest BCUT2D eigenvalue weighted by Crippen LogP contribution is 2.36. The fraction of sp³-hybridized carbons (Fsp3) is 0.476. The van der Waals surface area contributed by atoms with Crippen molar-refractivity contribution in [3.05, 3.63) is 40.6 Å². The van der Waals surface area contributed by atoms with Gasteiger partial charge in [-0.15, -0.1) is 0 Å². The van der Waals surface area contributed by atoms with E-state index < -0.39 is 11.8 Å². The number of amides is 2. The first-order chi connectivity index (χ1) is 13.9. The van der Waals surface area contributed by atoms with E-state index in [9.17, 15) is 9.59 Å². The van der Waals surface area contributed by atoms with Gasteiger partial charge in [0.05, 0.1) is 11.4 Å². The molecule has 156 valence electrons. The first-order valence-corrected chi connectivity index (χ1v) is 11.2. The Balaban J connectivity index is 1.76. The fourth-order valence-corrected chi connectivity index (χ4v) is 4.51. The molecule has 0 saturated heterocycles. The lowest BCUT2D eigenvalue weighted by atomic mass is 10.1. The number of benzene rings is 1. The first-order valence-electron chi connectivity index (χ1n) is 10.0. The molecule has 1 aliphatic heterocycles. The Morgan fingerprint density at radius 2 is 1.93 bits per heavy atom. The van der Waals surface area contributed by atoms with Crippen LogP contribution in [0.25, 0.3) is 5.69 Å². The van der Waals surface area contributed by atoms with Gasteiger partial charge in [0.25, 0.3) is 0 Å². The number of rotatable bonds is 7. The summed E-state index contributed by atoms with van der Waals surface area (Å²) in [6, 6.07) is 6.11. The average Bonchev–Trinajstić information content (AvgIpc) is 3.28. The summed E-state index contributed by atoms with van der Waals surface area (Å²) < 4.78 is 1.76. The van der Waals surface area contributed by atoms with Gasteiger partial charge in [-0.3, -0.25) is 9.59 Å². The molecule has 0 spiro atoms. The van der Waals surface area contributed by atoms with Crippen LogP contribution >= 0.6 is 11.8 Å². The molecule has 1 aromatic carbocycles. The molecule has 1 aliphatic rings. The van der Waals surface area contributed by atoms with Crippen LogP contribution in [0.1, 0.15) is 36.2 Å². The Morgan fingerprint density at radius 1 is 1.17 bits per heavy atom. The van der Waals surface area contributed by atoms with E-state index >= 15 is 0 Å². The molecule has 0 radical (unpaired) electrons. The number of fused-ring (bicyclic) bond motifs is 1. The second-order valence-corrected chi connectivity index (χ2v) is 8.19. The van der Waals surface area contributed by atoms with Gasteiger partial charge in [-0.25, -0.2) is 4.68 Å². The highest BCUT2D eigenvalue weighted by atomic mass is 32.2. The van der Waals surface area contributed by atoms with Crippen LogP contribution in [0.3, 0.4) is 0 Å².